The Labute approximate surface area is 176 Å². The minimum atomic E-state index is -0.143. The number of nitrogens with one attached hydrogen (secondary N) is 1. The van der Waals surface area contributed by atoms with Crippen molar-refractivity contribution in [2.75, 3.05) is 13.1 Å². The number of nitrogens with zero attached hydrogens (tertiary/aromatic N) is 2. The van der Waals surface area contributed by atoms with Gasteiger partial charge in [0.25, 0.3) is 5.91 Å². The van der Waals surface area contributed by atoms with Gasteiger partial charge in [0.05, 0.1) is 6.54 Å². The van der Waals surface area contributed by atoms with Gasteiger partial charge >= 0.3 is 0 Å². The molecule has 0 atom stereocenters. The lowest BCUT2D eigenvalue weighted by Gasteiger charge is -2.15. The maximum atomic E-state index is 12.4. The van der Waals surface area contributed by atoms with E-state index < -0.39 is 0 Å². The van der Waals surface area contributed by atoms with E-state index in [-0.39, 0.29) is 24.3 Å². The molecule has 6 nitrogen and oxygen atoms in total. The lowest BCUT2D eigenvalue weighted by molar-refractivity contribution is -0.139. The van der Waals surface area contributed by atoms with Crippen molar-refractivity contribution in [3.8, 4) is 0 Å². The highest BCUT2D eigenvalue weighted by Gasteiger charge is 2.28. The van der Waals surface area contributed by atoms with Gasteiger partial charge in [0.15, 0.2) is 0 Å². The summed E-state index contributed by atoms with van der Waals surface area (Å²) in [6.07, 6.45) is 3.16. The van der Waals surface area contributed by atoms with Crippen LogP contribution in [0, 0.1) is 0 Å². The molecule has 3 amide bonds. The van der Waals surface area contributed by atoms with Gasteiger partial charge in [0, 0.05) is 31.5 Å². The molecule has 0 bridgehead atoms. The van der Waals surface area contributed by atoms with E-state index in [1.54, 1.807) is 24.3 Å². The van der Waals surface area contributed by atoms with Crippen LogP contribution in [-0.2, 0) is 29.2 Å². The van der Waals surface area contributed by atoms with Crippen molar-refractivity contribution in [1.29, 1.82) is 0 Å². The molecule has 2 aliphatic heterocycles. The van der Waals surface area contributed by atoms with Crippen molar-refractivity contribution in [2.24, 2.45) is 0 Å². The predicted molar refractivity (Wildman–Crippen MR) is 113 cm³/mol. The summed E-state index contributed by atoms with van der Waals surface area (Å²) in [5.41, 5.74) is 3.76. The van der Waals surface area contributed by atoms with Crippen molar-refractivity contribution >= 4 is 17.7 Å². The Balaban J connectivity index is 1.27. The first kappa shape index (κ1) is 20.3. The first-order valence-corrected chi connectivity index (χ1v) is 10.6. The maximum Gasteiger partial charge on any atom is 0.251 e. The monoisotopic (exact) mass is 405 g/mol. The van der Waals surface area contributed by atoms with Crippen LogP contribution in [0.5, 0.6) is 0 Å². The van der Waals surface area contributed by atoms with E-state index in [2.05, 4.69) is 34.5 Å². The second-order valence-corrected chi connectivity index (χ2v) is 8.05. The molecular formula is C24H27N3O3. The molecule has 2 heterocycles. The van der Waals surface area contributed by atoms with Gasteiger partial charge in [-0.2, -0.15) is 0 Å². The highest BCUT2D eigenvalue weighted by atomic mass is 16.2. The zero-order valence-corrected chi connectivity index (χ0v) is 17.1. The third-order valence-corrected chi connectivity index (χ3v) is 5.79. The van der Waals surface area contributed by atoms with Crippen LogP contribution in [0.4, 0.5) is 0 Å². The van der Waals surface area contributed by atoms with Crippen molar-refractivity contribution < 1.29 is 14.4 Å². The van der Waals surface area contributed by atoms with Crippen LogP contribution in [-0.4, -0.2) is 40.6 Å². The van der Waals surface area contributed by atoms with Crippen LogP contribution >= 0.6 is 0 Å². The van der Waals surface area contributed by atoms with E-state index in [1.165, 1.54) is 36.4 Å². The molecule has 0 unspecified atom stereocenters. The van der Waals surface area contributed by atoms with Gasteiger partial charge in [-0.15, -0.1) is 0 Å². The first-order chi connectivity index (χ1) is 14.6. The molecule has 2 aromatic rings. The number of amides is 3. The molecule has 156 valence electrons. The Morgan fingerprint density at radius 3 is 1.93 bits per heavy atom. The highest BCUT2D eigenvalue weighted by molar-refractivity contribution is 6.01. The second kappa shape index (κ2) is 9.22. The van der Waals surface area contributed by atoms with E-state index in [9.17, 15) is 14.4 Å². The van der Waals surface area contributed by atoms with E-state index in [4.69, 9.17) is 0 Å². The molecule has 0 radical (unpaired) electrons. The average molecular weight is 405 g/mol. The number of rotatable bonds is 7. The van der Waals surface area contributed by atoms with Gasteiger partial charge in [-0.25, -0.2) is 0 Å². The highest BCUT2D eigenvalue weighted by Crippen LogP contribution is 2.17. The number of benzene rings is 2. The van der Waals surface area contributed by atoms with Gasteiger partial charge in [-0.05, 0) is 54.8 Å². The number of hydrogen-bond acceptors (Lipinski definition) is 4. The quantitative estimate of drug-likeness (QED) is 0.719. The van der Waals surface area contributed by atoms with Crippen LogP contribution in [0.25, 0.3) is 0 Å². The lowest BCUT2D eigenvalue weighted by atomic mass is 10.1. The van der Waals surface area contributed by atoms with Gasteiger partial charge in [0.2, 0.25) is 11.8 Å². The summed E-state index contributed by atoms with van der Waals surface area (Å²) in [7, 11) is 0. The fraction of sp³-hybridized carbons (Fsp3) is 0.375. The molecule has 0 saturated carbocycles. The number of imide groups is 1. The summed E-state index contributed by atoms with van der Waals surface area (Å²) in [6.45, 7) is 4.10. The van der Waals surface area contributed by atoms with E-state index >= 15 is 0 Å². The molecule has 0 aliphatic carbocycles. The maximum absolute atomic E-state index is 12.4. The zero-order chi connectivity index (χ0) is 20.9. The Kier molecular flexibility index (Phi) is 6.23. The van der Waals surface area contributed by atoms with Crippen LogP contribution in [0.2, 0.25) is 0 Å². The third kappa shape index (κ3) is 4.94. The van der Waals surface area contributed by atoms with Crippen molar-refractivity contribution in [2.45, 2.75) is 45.3 Å². The smallest absolute Gasteiger partial charge is 0.251 e. The zero-order valence-electron chi connectivity index (χ0n) is 17.1. The van der Waals surface area contributed by atoms with E-state index in [0.717, 1.165) is 17.7 Å². The number of carbonyl (C=O) groups is 3. The van der Waals surface area contributed by atoms with Crippen molar-refractivity contribution in [3.63, 3.8) is 0 Å². The van der Waals surface area contributed by atoms with E-state index in [1.807, 2.05) is 0 Å². The number of carbonyl (C=O) groups excluding carboxylic acids is 3. The van der Waals surface area contributed by atoms with Gasteiger partial charge in [-0.3, -0.25) is 24.2 Å². The molecule has 1 N–H and O–H groups in total. The first-order valence-electron chi connectivity index (χ1n) is 10.6. The van der Waals surface area contributed by atoms with Crippen LogP contribution in [0.15, 0.2) is 48.5 Å². The van der Waals surface area contributed by atoms with Gasteiger partial charge in [-0.1, -0.05) is 36.4 Å². The minimum absolute atomic E-state index is 0.131. The molecule has 0 aromatic heterocycles. The summed E-state index contributed by atoms with van der Waals surface area (Å²) in [5, 5.41) is 2.95. The molecule has 30 heavy (non-hydrogen) atoms. The standard InChI is InChI=1S/C24H27N3O3/c28-22-11-12-23(29)27(22)17-20-7-9-21(10-8-20)24(30)25-15-18-3-5-19(6-4-18)16-26-13-1-2-14-26/h3-10H,1-2,11-17H2,(H,25,30). The molecule has 6 heteroatoms. The molecule has 0 spiro atoms. The van der Waals surface area contributed by atoms with Gasteiger partial charge in [0.1, 0.15) is 0 Å². The Morgan fingerprint density at radius 2 is 1.30 bits per heavy atom. The Morgan fingerprint density at radius 1 is 0.767 bits per heavy atom. The molecule has 2 fully saturated rings. The molecular weight excluding hydrogens is 378 g/mol. The van der Waals surface area contributed by atoms with Crippen LogP contribution in [0.3, 0.4) is 0 Å². The molecule has 2 saturated heterocycles. The summed E-state index contributed by atoms with van der Waals surface area (Å²) < 4.78 is 0. The summed E-state index contributed by atoms with van der Waals surface area (Å²) >= 11 is 0. The summed E-state index contributed by atoms with van der Waals surface area (Å²) in [4.78, 5) is 39.6. The fourth-order valence-electron chi connectivity index (χ4n) is 3.99. The fourth-order valence-corrected chi connectivity index (χ4v) is 3.99. The minimum Gasteiger partial charge on any atom is -0.348 e. The van der Waals surface area contributed by atoms with Crippen molar-refractivity contribution in [3.05, 3.63) is 70.8 Å². The average Bonchev–Trinajstić information content (AvgIpc) is 3.39. The lowest BCUT2D eigenvalue weighted by Crippen LogP contribution is -2.28. The van der Waals surface area contributed by atoms with Crippen LogP contribution in [0.1, 0.15) is 52.7 Å². The molecule has 2 aromatic carbocycles. The molecule has 4 rings (SSSR count). The number of hydrogen-bond donors (Lipinski definition) is 1. The Hall–Kier alpha value is -2.99. The SMILES string of the molecule is O=C(NCc1ccc(CN2CCCC2)cc1)c1ccc(CN2C(=O)CCC2=O)cc1. The predicted octanol–water partition coefficient (Wildman–Crippen LogP) is 2.86. The third-order valence-electron chi connectivity index (χ3n) is 5.79. The normalized spacial score (nSPS) is 17.0. The van der Waals surface area contributed by atoms with Crippen molar-refractivity contribution in [1.82, 2.24) is 15.1 Å². The topological polar surface area (TPSA) is 69.7 Å². The van der Waals surface area contributed by atoms with E-state index in [0.29, 0.717) is 24.9 Å². The second-order valence-electron chi connectivity index (χ2n) is 8.05. The van der Waals surface area contributed by atoms with Crippen LogP contribution < -0.4 is 5.32 Å². The largest absolute Gasteiger partial charge is 0.348 e. The molecule has 2 aliphatic rings. The number of likely N-dealkylation sites (tertiary alicyclic amines) is 2. The Bertz CT molecular complexity index is 900. The van der Waals surface area contributed by atoms with Gasteiger partial charge < -0.3 is 5.32 Å². The summed E-state index contributed by atoms with van der Waals surface area (Å²) in [5.74, 6) is -0.405. The summed E-state index contributed by atoms with van der Waals surface area (Å²) in [6, 6.07) is 15.5.